The van der Waals surface area contributed by atoms with Crippen molar-refractivity contribution in [2.45, 2.75) is 51.6 Å². The largest absolute Gasteiger partial charge is 0.388 e. The summed E-state index contributed by atoms with van der Waals surface area (Å²) >= 11 is 0. The maximum Gasteiger partial charge on any atom is 0.133 e. The smallest absolute Gasteiger partial charge is 0.133 e. The number of ketones is 1. The molecule has 3 heteroatoms. The first-order chi connectivity index (χ1) is 6.47. The average Bonchev–Trinajstić information content (AvgIpc) is 2.21. The van der Waals surface area contributed by atoms with E-state index in [1.165, 1.54) is 0 Å². The highest BCUT2D eigenvalue weighted by Crippen LogP contribution is 2.43. The van der Waals surface area contributed by atoms with Gasteiger partial charge >= 0.3 is 0 Å². The first-order valence-electron chi connectivity index (χ1n) is 5.13. The molecule has 1 fully saturated rings. The van der Waals surface area contributed by atoms with Gasteiger partial charge in [-0.15, -0.1) is 0 Å². The van der Waals surface area contributed by atoms with Gasteiger partial charge in [0, 0.05) is 12.8 Å². The van der Waals surface area contributed by atoms with Gasteiger partial charge in [0.25, 0.3) is 0 Å². The summed E-state index contributed by atoms with van der Waals surface area (Å²) in [4.78, 5) is 11.1. The summed E-state index contributed by atoms with van der Waals surface area (Å²) in [5, 5.41) is 19.4. The Labute approximate surface area is 84.7 Å². The van der Waals surface area contributed by atoms with Crippen LogP contribution in [-0.2, 0) is 4.79 Å². The van der Waals surface area contributed by atoms with Gasteiger partial charge in [0.2, 0.25) is 0 Å². The Kier molecular flexibility index (Phi) is 2.96. The van der Waals surface area contributed by atoms with Crippen LogP contribution < -0.4 is 0 Å². The molecule has 0 amide bonds. The van der Waals surface area contributed by atoms with E-state index in [1.807, 2.05) is 6.92 Å². The summed E-state index contributed by atoms with van der Waals surface area (Å²) in [5.74, 6) is 0.200. The van der Waals surface area contributed by atoms with E-state index in [2.05, 4.69) is 6.07 Å². The van der Waals surface area contributed by atoms with E-state index in [9.17, 15) is 9.90 Å². The molecule has 78 valence electrons. The van der Waals surface area contributed by atoms with E-state index in [4.69, 9.17) is 5.26 Å². The molecule has 1 saturated carbocycles. The lowest BCUT2D eigenvalue weighted by Crippen LogP contribution is -2.48. The number of aliphatic hydroxyl groups is 1. The standard InChI is InChI=1S/C11H17NO2/c1-3-10(2,8-12)11(14)6-4-9(13)5-7-11/h14H,3-7H2,1-2H3. The predicted molar refractivity (Wildman–Crippen MR) is 52.4 cm³/mol. The summed E-state index contributed by atoms with van der Waals surface area (Å²) in [6.45, 7) is 3.68. The zero-order valence-corrected chi connectivity index (χ0v) is 8.84. The van der Waals surface area contributed by atoms with E-state index in [-0.39, 0.29) is 5.78 Å². The summed E-state index contributed by atoms with van der Waals surface area (Å²) in [7, 11) is 0. The number of carbonyl (C=O) groups excluding carboxylic acids is 1. The Morgan fingerprint density at radius 2 is 2.07 bits per heavy atom. The molecule has 3 nitrogen and oxygen atoms in total. The maximum absolute atomic E-state index is 11.1. The summed E-state index contributed by atoms with van der Waals surface area (Å²) in [6, 6.07) is 2.19. The second-order valence-electron chi connectivity index (χ2n) is 4.37. The number of hydrogen-bond acceptors (Lipinski definition) is 3. The van der Waals surface area contributed by atoms with Gasteiger partial charge in [-0.25, -0.2) is 0 Å². The minimum atomic E-state index is -0.968. The molecule has 0 aromatic heterocycles. The molecule has 0 spiro atoms. The number of nitrogens with zero attached hydrogens (tertiary/aromatic N) is 1. The van der Waals surface area contributed by atoms with E-state index < -0.39 is 11.0 Å². The van der Waals surface area contributed by atoms with E-state index >= 15 is 0 Å². The van der Waals surface area contributed by atoms with Crippen molar-refractivity contribution < 1.29 is 9.90 Å². The van der Waals surface area contributed by atoms with Crippen molar-refractivity contribution in [3.8, 4) is 6.07 Å². The van der Waals surface area contributed by atoms with Crippen molar-refractivity contribution in [1.82, 2.24) is 0 Å². The van der Waals surface area contributed by atoms with Gasteiger partial charge in [0.05, 0.1) is 17.1 Å². The number of Topliss-reactive ketones (excluding diaryl/α,β-unsaturated/α-hetero) is 1. The SMILES string of the molecule is CCC(C)(C#N)C1(O)CCC(=O)CC1. The zero-order valence-electron chi connectivity index (χ0n) is 8.84. The highest BCUT2D eigenvalue weighted by Gasteiger charge is 2.47. The highest BCUT2D eigenvalue weighted by atomic mass is 16.3. The lowest BCUT2D eigenvalue weighted by molar-refractivity contribution is -0.131. The zero-order chi connectivity index (χ0) is 10.8. The van der Waals surface area contributed by atoms with Crippen LogP contribution in [0, 0.1) is 16.7 Å². The predicted octanol–water partition coefficient (Wildman–Crippen LogP) is 1.80. The van der Waals surface area contributed by atoms with E-state index in [0.717, 1.165) is 0 Å². The molecule has 0 aliphatic heterocycles. The molecule has 0 bridgehead atoms. The molecule has 14 heavy (non-hydrogen) atoms. The lowest BCUT2D eigenvalue weighted by atomic mass is 9.65. The van der Waals surface area contributed by atoms with Gasteiger partial charge in [-0.1, -0.05) is 6.92 Å². The van der Waals surface area contributed by atoms with Crippen LogP contribution in [0.25, 0.3) is 0 Å². The first-order valence-corrected chi connectivity index (χ1v) is 5.13. The summed E-state index contributed by atoms with van der Waals surface area (Å²) < 4.78 is 0. The van der Waals surface area contributed by atoms with Crippen LogP contribution in [0.1, 0.15) is 46.0 Å². The maximum atomic E-state index is 11.1. The molecule has 0 heterocycles. The minimum Gasteiger partial charge on any atom is -0.388 e. The average molecular weight is 195 g/mol. The Hall–Kier alpha value is -0.880. The summed E-state index contributed by atoms with van der Waals surface area (Å²) in [6.07, 6.45) is 2.31. The van der Waals surface area contributed by atoms with Crippen LogP contribution in [0.2, 0.25) is 0 Å². The molecule has 0 radical (unpaired) electrons. The van der Waals surface area contributed by atoms with E-state index in [1.54, 1.807) is 6.92 Å². The third-order valence-electron chi connectivity index (χ3n) is 3.62. The Morgan fingerprint density at radius 1 is 1.57 bits per heavy atom. The highest BCUT2D eigenvalue weighted by molar-refractivity contribution is 5.79. The molecule has 1 atom stereocenters. The molecular formula is C11H17NO2. The van der Waals surface area contributed by atoms with Crippen LogP contribution >= 0.6 is 0 Å². The van der Waals surface area contributed by atoms with Crippen LogP contribution in [-0.4, -0.2) is 16.5 Å². The van der Waals surface area contributed by atoms with Crippen molar-refractivity contribution in [2.75, 3.05) is 0 Å². The van der Waals surface area contributed by atoms with Crippen LogP contribution in [0.5, 0.6) is 0 Å². The monoisotopic (exact) mass is 195 g/mol. The van der Waals surface area contributed by atoms with Crippen molar-refractivity contribution in [1.29, 1.82) is 5.26 Å². The fourth-order valence-corrected chi connectivity index (χ4v) is 2.01. The van der Waals surface area contributed by atoms with Gasteiger partial charge in [-0.05, 0) is 26.2 Å². The van der Waals surface area contributed by atoms with Crippen molar-refractivity contribution in [3.05, 3.63) is 0 Å². The third-order valence-corrected chi connectivity index (χ3v) is 3.62. The number of hydrogen-bond donors (Lipinski definition) is 1. The van der Waals surface area contributed by atoms with Crippen molar-refractivity contribution in [3.63, 3.8) is 0 Å². The molecule has 1 aliphatic carbocycles. The summed E-state index contributed by atoms with van der Waals surface area (Å²) in [5.41, 5.74) is -1.68. The molecule has 1 unspecified atom stereocenters. The van der Waals surface area contributed by atoms with Gasteiger partial charge in [0.15, 0.2) is 0 Å². The molecule has 0 aromatic carbocycles. The lowest BCUT2D eigenvalue weighted by Gasteiger charge is -2.42. The minimum absolute atomic E-state index is 0.200. The fourth-order valence-electron chi connectivity index (χ4n) is 2.01. The molecular weight excluding hydrogens is 178 g/mol. The van der Waals surface area contributed by atoms with Gasteiger partial charge in [-0.2, -0.15) is 5.26 Å². The Balaban J connectivity index is 2.85. The second-order valence-corrected chi connectivity index (χ2v) is 4.37. The van der Waals surface area contributed by atoms with E-state index in [0.29, 0.717) is 32.1 Å². The quantitative estimate of drug-likeness (QED) is 0.730. The number of nitriles is 1. The number of carbonyl (C=O) groups is 1. The first kappa shape index (κ1) is 11.2. The normalized spacial score (nSPS) is 25.1. The topological polar surface area (TPSA) is 61.1 Å². The number of rotatable bonds is 2. The van der Waals surface area contributed by atoms with Crippen LogP contribution in [0.15, 0.2) is 0 Å². The van der Waals surface area contributed by atoms with Gasteiger partial charge in [0.1, 0.15) is 5.78 Å². The second kappa shape index (κ2) is 3.70. The fraction of sp³-hybridized carbons (Fsp3) is 0.818. The van der Waals surface area contributed by atoms with Gasteiger partial charge in [-0.3, -0.25) is 4.79 Å². The Bertz CT molecular complexity index is 270. The van der Waals surface area contributed by atoms with Crippen LogP contribution in [0.4, 0.5) is 0 Å². The molecule has 1 N–H and O–H groups in total. The molecule has 0 saturated heterocycles. The molecule has 1 aliphatic rings. The van der Waals surface area contributed by atoms with Crippen molar-refractivity contribution >= 4 is 5.78 Å². The molecule has 0 aromatic rings. The molecule has 1 rings (SSSR count). The third kappa shape index (κ3) is 1.67. The Morgan fingerprint density at radius 3 is 2.43 bits per heavy atom. The van der Waals surface area contributed by atoms with Crippen LogP contribution in [0.3, 0.4) is 0 Å². The van der Waals surface area contributed by atoms with Crippen molar-refractivity contribution in [2.24, 2.45) is 5.41 Å². The van der Waals surface area contributed by atoms with Gasteiger partial charge < -0.3 is 5.11 Å².